The van der Waals surface area contributed by atoms with Crippen LogP contribution in [0.3, 0.4) is 0 Å². The van der Waals surface area contributed by atoms with E-state index in [1.807, 2.05) is 26.1 Å². The van der Waals surface area contributed by atoms with Gasteiger partial charge in [0.2, 0.25) is 0 Å². The number of aliphatic hydroxyl groups excluding tert-OH is 1. The monoisotopic (exact) mass is 339 g/mol. The van der Waals surface area contributed by atoms with Crippen molar-refractivity contribution in [3.8, 4) is 5.75 Å². The van der Waals surface area contributed by atoms with E-state index in [1.54, 1.807) is 17.9 Å². The van der Waals surface area contributed by atoms with Gasteiger partial charge >= 0.3 is 0 Å². The maximum atomic E-state index is 12.6. The average Bonchev–Trinajstić information content (AvgIpc) is 2.56. The quantitative estimate of drug-likeness (QED) is 0.894. The highest BCUT2D eigenvalue weighted by atomic mass is 35.5. The van der Waals surface area contributed by atoms with Gasteiger partial charge in [-0.2, -0.15) is 0 Å². The first-order valence-corrected chi connectivity index (χ1v) is 8.60. The molecule has 1 unspecified atom stereocenters. The minimum Gasteiger partial charge on any atom is -0.479 e. The van der Waals surface area contributed by atoms with Crippen molar-refractivity contribution in [2.75, 3.05) is 13.7 Å². The summed E-state index contributed by atoms with van der Waals surface area (Å²) in [5.41, 5.74) is 1.04. The van der Waals surface area contributed by atoms with E-state index in [9.17, 15) is 9.90 Å². The van der Waals surface area contributed by atoms with E-state index in [0.717, 1.165) is 31.2 Å². The van der Waals surface area contributed by atoms with E-state index in [-0.39, 0.29) is 18.6 Å². The fourth-order valence-corrected chi connectivity index (χ4v) is 3.29. The minimum absolute atomic E-state index is 0.0324. The molecule has 0 bridgehead atoms. The fourth-order valence-electron chi connectivity index (χ4n) is 3.12. The highest BCUT2D eigenvalue weighted by Crippen LogP contribution is 2.29. The van der Waals surface area contributed by atoms with Crippen LogP contribution in [0.15, 0.2) is 18.2 Å². The third-order valence-electron chi connectivity index (χ3n) is 4.71. The lowest BCUT2D eigenvalue weighted by atomic mass is 9.86. The molecule has 0 spiro atoms. The number of carbonyl (C=O) groups excluding carboxylic acids is 1. The van der Waals surface area contributed by atoms with Crippen LogP contribution < -0.4 is 4.74 Å². The Labute approximate surface area is 143 Å². The Morgan fingerprint density at radius 3 is 2.65 bits per heavy atom. The lowest BCUT2D eigenvalue weighted by Crippen LogP contribution is -2.45. The van der Waals surface area contributed by atoms with Gasteiger partial charge in [-0.25, -0.2) is 0 Å². The second-order valence-corrected chi connectivity index (χ2v) is 6.91. The summed E-state index contributed by atoms with van der Waals surface area (Å²) in [5, 5.41) is 9.73. The Bertz CT molecular complexity index is 541. The number of ether oxygens (including phenoxy) is 1. The molecule has 0 radical (unpaired) electrons. The molecule has 0 aromatic heterocycles. The molecular formula is C18H26ClNO3. The highest BCUT2D eigenvalue weighted by Gasteiger charge is 2.29. The van der Waals surface area contributed by atoms with Crippen molar-refractivity contribution < 1.29 is 14.6 Å². The first-order valence-electron chi connectivity index (χ1n) is 8.22. The summed E-state index contributed by atoms with van der Waals surface area (Å²) in [6, 6.07) is 5.76. The molecular weight excluding hydrogens is 314 g/mol. The number of rotatable bonds is 5. The summed E-state index contributed by atoms with van der Waals surface area (Å²) in [4.78, 5) is 14.4. The van der Waals surface area contributed by atoms with E-state index >= 15 is 0 Å². The molecule has 5 heteroatoms. The molecule has 1 aliphatic carbocycles. The van der Waals surface area contributed by atoms with Crippen molar-refractivity contribution in [3.63, 3.8) is 0 Å². The number of likely N-dealkylation sites (N-methyl/N-ethyl adjacent to an activating group) is 1. The van der Waals surface area contributed by atoms with E-state index in [4.69, 9.17) is 16.3 Å². The number of benzene rings is 1. The van der Waals surface area contributed by atoms with Crippen LogP contribution >= 0.6 is 11.6 Å². The van der Waals surface area contributed by atoms with Gasteiger partial charge < -0.3 is 14.7 Å². The first kappa shape index (κ1) is 18.1. The molecule has 1 amide bonds. The zero-order valence-corrected chi connectivity index (χ0v) is 14.8. The number of hydrogen-bond acceptors (Lipinski definition) is 3. The number of hydrogen-bond donors (Lipinski definition) is 1. The molecule has 1 fully saturated rings. The molecule has 1 atom stereocenters. The van der Waals surface area contributed by atoms with Crippen LogP contribution in [0, 0.1) is 12.8 Å². The van der Waals surface area contributed by atoms with Crippen LogP contribution in [-0.4, -0.2) is 41.7 Å². The summed E-state index contributed by atoms with van der Waals surface area (Å²) in [6.07, 6.45) is 3.24. The third kappa shape index (κ3) is 4.61. The number of aliphatic hydroxyl groups is 1. The average molecular weight is 340 g/mol. The number of nitrogens with zero attached hydrogens (tertiary/aromatic N) is 1. The third-order valence-corrected chi connectivity index (χ3v) is 5.02. The lowest BCUT2D eigenvalue weighted by molar-refractivity contribution is -0.139. The van der Waals surface area contributed by atoms with Gasteiger partial charge in [0.15, 0.2) is 6.10 Å². The maximum Gasteiger partial charge on any atom is 0.263 e. The van der Waals surface area contributed by atoms with Crippen molar-refractivity contribution in [3.05, 3.63) is 28.8 Å². The van der Waals surface area contributed by atoms with Crippen LogP contribution in [0.5, 0.6) is 5.75 Å². The second-order valence-electron chi connectivity index (χ2n) is 6.50. The summed E-state index contributed by atoms with van der Waals surface area (Å²) < 4.78 is 5.78. The highest BCUT2D eigenvalue weighted by molar-refractivity contribution is 6.32. The summed E-state index contributed by atoms with van der Waals surface area (Å²) in [7, 11) is 1.84. The topological polar surface area (TPSA) is 49.8 Å². The summed E-state index contributed by atoms with van der Waals surface area (Å²) in [5.74, 6) is 0.898. The van der Waals surface area contributed by atoms with E-state index in [0.29, 0.717) is 16.7 Å². The Morgan fingerprint density at radius 2 is 2.04 bits per heavy atom. The smallest absolute Gasteiger partial charge is 0.263 e. The van der Waals surface area contributed by atoms with Gasteiger partial charge in [-0.05, 0) is 63.1 Å². The summed E-state index contributed by atoms with van der Waals surface area (Å²) in [6.45, 7) is 3.97. The van der Waals surface area contributed by atoms with Gasteiger partial charge in [-0.15, -0.1) is 0 Å². The standard InChI is InChI=1S/C18H26ClNO3/c1-12-4-9-16(19)17(10-12)23-13(2)18(22)20(3)15-7-5-14(11-21)6-8-15/h4,9-10,13-15,21H,5-8,11H2,1-3H3. The minimum atomic E-state index is -0.574. The molecule has 1 aromatic rings. The number of aryl methyl sites for hydroxylation is 1. The predicted octanol–water partition coefficient (Wildman–Crippen LogP) is 3.43. The Kier molecular flexibility index (Phi) is 6.31. The molecule has 0 saturated heterocycles. The van der Waals surface area contributed by atoms with Crippen molar-refractivity contribution in [1.82, 2.24) is 4.90 Å². The number of amides is 1. The number of halogens is 1. The fraction of sp³-hybridized carbons (Fsp3) is 0.611. The van der Waals surface area contributed by atoms with Crippen LogP contribution in [0.25, 0.3) is 0 Å². The van der Waals surface area contributed by atoms with Crippen molar-refractivity contribution >= 4 is 17.5 Å². The molecule has 2 rings (SSSR count). The van der Waals surface area contributed by atoms with Gasteiger partial charge in [0, 0.05) is 19.7 Å². The molecule has 4 nitrogen and oxygen atoms in total. The molecule has 1 saturated carbocycles. The van der Waals surface area contributed by atoms with Gasteiger partial charge in [0.05, 0.1) is 5.02 Å². The van der Waals surface area contributed by atoms with Gasteiger partial charge in [0.1, 0.15) is 5.75 Å². The largest absolute Gasteiger partial charge is 0.479 e. The lowest BCUT2D eigenvalue weighted by Gasteiger charge is -2.35. The Morgan fingerprint density at radius 1 is 1.39 bits per heavy atom. The van der Waals surface area contributed by atoms with Crippen LogP contribution in [0.2, 0.25) is 5.02 Å². The van der Waals surface area contributed by atoms with Crippen LogP contribution in [-0.2, 0) is 4.79 Å². The molecule has 1 aromatic carbocycles. The first-order chi connectivity index (χ1) is 10.9. The van der Waals surface area contributed by atoms with Crippen molar-refractivity contribution in [2.24, 2.45) is 5.92 Å². The molecule has 23 heavy (non-hydrogen) atoms. The van der Waals surface area contributed by atoms with E-state index < -0.39 is 6.10 Å². The molecule has 0 heterocycles. The second kappa shape index (κ2) is 8.02. The van der Waals surface area contributed by atoms with Crippen molar-refractivity contribution in [1.29, 1.82) is 0 Å². The molecule has 0 aliphatic heterocycles. The Hall–Kier alpha value is -1.26. The molecule has 128 valence electrons. The van der Waals surface area contributed by atoms with Crippen molar-refractivity contribution in [2.45, 2.75) is 51.7 Å². The van der Waals surface area contributed by atoms with Gasteiger partial charge in [-0.1, -0.05) is 17.7 Å². The number of carbonyl (C=O) groups is 1. The maximum absolute atomic E-state index is 12.6. The van der Waals surface area contributed by atoms with E-state index in [2.05, 4.69) is 0 Å². The molecule has 1 N–H and O–H groups in total. The van der Waals surface area contributed by atoms with Crippen LogP contribution in [0.4, 0.5) is 0 Å². The van der Waals surface area contributed by atoms with E-state index in [1.165, 1.54) is 0 Å². The summed E-state index contributed by atoms with van der Waals surface area (Å²) >= 11 is 6.13. The van der Waals surface area contributed by atoms with Gasteiger partial charge in [0.25, 0.3) is 5.91 Å². The zero-order valence-electron chi connectivity index (χ0n) is 14.1. The normalized spacial score (nSPS) is 22.5. The SMILES string of the molecule is Cc1ccc(Cl)c(OC(C)C(=O)N(C)C2CCC(CO)CC2)c1. The predicted molar refractivity (Wildman–Crippen MR) is 91.9 cm³/mol. The Balaban J connectivity index is 1.95. The zero-order chi connectivity index (χ0) is 17.0. The van der Waals surface area contributed by atoms with Gasteiger partial charge in [-0.3, -0.25) is 4.79 Å². The van der Waals surface area contributed by atoms with Crippen LogP contribution in [0.1, 0.15) is 38.2 Å². The molecule has 1 aliphatic rings.